The van der Waals surface area contributed by atoms with Crippen molar-refractivity contribution in [1.29, 1.82) is 0 Å². The average molecular weight is 266 g/mol. The van der Waals surface area contributed by atoms with Crippen LogP contribution in [0.15, 0.2) is 24.0 Å². The van der Waals surface area contributed by atoms with Crippen molar-refractivity contribution in [2.24, 2.45) is 11.6 Å². The molecule has 0 bridgehead atoms. The van der Waals surface area contributed by atoms with Crippen molar-refractivity contribution < 1.29 is 19.4 Å². The quantitative estimate of drug-likeness (QED) is 0.284. The van der Waals surface area contributed by atoms with Crippen LogP contribution in [-0.2, 0) is 9.53 Å². The zero-order valence-corrected chi connectivity index (χ0v) is 10.5. The molecule has 8 heteroatoms. The molecule has 0 amide bonds. The summed E-state index contributed by atoms with van der Waals surface area (Å²) in [6.07, 6.45) is 1.24. The van der Waals surface area contributed by atoms with Crippen molar-refractivity contribution in [2.75, 3.05) is 14.2 Å². The van der Waals surface area contributed by atoms with E-state index in [1.165, 1.54) is 32.5 Å². The predicted molar refractivity (Wildman–Crippen MR) is 66.3 cm³/mol. The number of nitrogens with two attached hydrogens (primary N) is 2. The van der Waals surface area contributed by atoms with Gasteiger partial charge in [0.15, 0.2) is 5.70 Å². The fraction of sp³-hybridized carbons (Fsp3) is 0.182. The largest absolute Gasteiger partial charge is 0.476 e. The highest BCUT2D eigenvalue weighted by Gasteiger charge is 2.17. The summed E-state index contributed by atoms with van der Waals surface area (Å²) in [5.41, 5.74) is 5.73. The summed E-state index contributed by atoms with van der Waals surface area (Å²) in [5.74, 6) is 3.57. The monoisotopic (exact) mass is 266 g/mol. The van der Waals surface area contributed by atoms with E-state index >= 15 is 0 Å². The summed E-state index contributed by atoms with van der Waals surface area (Å²) in [4.78, 5) is 26.1. The molecular formula is C11H14N4O4. The Hall–Kier alpha value is -2.61. The van der Waals surface area contributed by atoms with Crippen LogP contribution in [0.1, 0.15) is 16.1 Å². The normalized spacial score (nSPS) is 11.5. The van der Waals surface area contributed by atoms with Crippen molar-refractivity contribution in [2.45, 2.75) is 0 Å². The van der Waals surface area contributed by atoms with Gasteiger partial charge in [-0.1, -0.05) is 0 Å². The number of pyridine rings is 1. The highest BCUT2D eigenvalue weighted by atomic mass is 16.5. The number of ether oxygens (including phenoxy) is 1. The van der Waals surface area contributed by atoms with Crippen LogP contribution in [0, 0.1) is 0 Å². The molecule has 102 valence electrons. The van der Waals surface area contributed by atoms with Crippen LogP contribution < -0.4 is 11.6 Å². The van der Waals surface area contributed by atoms with Gasteiger partial charge in [-0.05, 0) is 12.1 Å². The van der Waals surface area contributed by atoms with Crippen LogP contribution in [0.2, 0.25) is 0 Å². The van der Waals surface area contributed by atoms with E-state index in [0.29, 0.717) is 0 Å². The molecule has 0 aliphatic carbocycles. The first kappa shape index (κ1) is 14.5. The molecule has 0 spiro atoms. The number of esters is 1. The van der Waals surface area contributed by atoms with Crippen molar-refractivity contribution in [3.63, 3.8) is 0 Å². The van der Waals surface area contributed by atoms with Gasteiger partial charge >= 0.3 is 11.9 Å². The maximum absolute atomic E-state index is 11.2. The molecular weight excluding hydrogens is 252 g/mol. The molecule has 0 aromatic carbocycles. The number of carbonyl (C=O) groups excluding carboxylic acids is 1. The number of aromatic nitrogens is 1. The third kappa shape index (κ3) is 3.19. The molecule has 1 heterocycles. The molecule has 1 aromatic rings. The van der Waals surface area contributed by atoms with Crippen molar-refractivity contribution in [3.05, 3.63) is 35.3 Å². The lowest BCUT2D eigenvalue weighted by Crippen LogP contribution is -2.32. The number of carbonyl (C=O) groups is 2. The number of carboxylic acids is 1. The van der Waals surface area contributed by atoms with Gasteiger partial charge < -0.3 is 20.6 Å². The third-order valence-electron chi connectivity index (χ3n) is 2.27. The number of hydrogen-bond acceptors (Lipinski definition) is 7. The van der Waals surface area contributed by atoms with Crippen LogP contribution in [0.25, 0.3) is 5.70 Å². The molecule has 0 atom stereocenters. The molecule has 0 radical (unpaired) electrons. The van der Waals surface area contributed by atoms with Gasteiger partial charge in [-0.2, -0.15) is 0 Å². The molecule has 0 fully saturated rings. The summed E-state index contributed by atoms with van der Waals surface area (Å²) >= 11 is 0. The molecule has 0 aliphatic heterocycles. The number of methoxy groups -OCH3 is 1. The van der Waals surface area contributed by atoms with Crippen molar-refractivity contribution in [1.82, 2.24) is 9.99 Å². The van der Waals surface area contributed by atoms with E-state index in [1.807, 2.05) is 0 Å². The summed E-state index contributed by atoms with van der Waals surface area (Å²) in [6, 6.07) is 2.84. The predicted octanol–water partition coefficient (Wildman–Crippen LogP) is -0.614. The maximum Gasteiger partial charge on any atom is 0.355 e. The maximum atomic E-state index is 11.2. The first-order chi connectivity index (χ1) is 8.88. The van der Waals surface area contributed by atoms with Gasteiger partial charge in [0.2, 0.25) is 0 Å². The Kier molecular flexibility index (Phi) is 4.43. The van der Waals surface area contributed by atoms with Crippen molar-refractivity contribution >= 4 is 17.6 Å². The fourth-order valence-electron chi connectivity index (χ4n) is 1.37. The fourth-order valence-corrected chi connectivity index (χ4v) is 1.37. The summed E-state index contributed by atoms with van der Waals surface area (Å²) < 4.78 is 4.52. The number of nitrogens with zero attached hydrogens (tertiary/aromatic N) is 2. The van der Waals surface area contributed by atoms with E-state index in [9.17, 15) is 9.59 Å². The van der Waals surface area contributed by atoms with Gasteiger partial charge in [0.05, 0.1) is 24.1 Å². The molecule has 1 rings (SSSR count). The highest BCUT2D eigenvalue weighted by Crippen LogP contribution is 2.13. The van der Waals surface area contributed by atoms with Crippen molar-refractivity contribution in [3.8, 4) is 0 Å². The Balaban J connectivity index is 3.19. The zero-order chi connectivity index (χ0) is 14.6. The minimum atomic E-state index is -1.28. The van der Waals surface area contributed by atoms with Gasteiger partial charge in [0, 0.05) is 13.2 Å². The van der Waals surface area contributed by atoms with E-state index in [2.05, 4.69) is 9.72 Å². The second-order valence-corrected chi connectivity index (χ2v) is 3.60. The molecule has 0 saturated heterocycles. The summed E-state index contributed by atoms with van der Waals surface area (Å²) in [5, 5.41) is 9.88. The summed E-state index contributed by atoms with van der Waals surface area (Å²) in [7, 11) is 2.59. The van der Waals surface area contributed by atoms with Gasteiger partial charge in [-0.25, -0.2) is 15.4 Å². The molecule has 5 N–H and O–H groups in total. The number of hydrazine groups is 1. The SMILES string of the molecule is COC(=O)c1ccc(/C(N)=C(\C(=O)O)N(C)N)nc1. The first-order valence-electron chi connectivity index (χ1n) is 5.14. The van der Waals surface area contributed by atoms with Gasteiger partial charge in [0.25, 0.3) is 0 Å². The Morgan fingerprint density at radius 1 is 1.42 bits per heavy atom. The first-order valence-corrected chi connectivity index (χ1v) is 5.14. The number of aliphatic carboxylic acids is 1. The molecule has 8 nitrogen and oxygen atoms in total. The Labute approximate surface area is 109 Å². The topological polar surface area (TPSA) is 132 Å². The molecule has 0 unspecified atom stereocenters. The standard InChI is InChI=1S/C11H14N4O4/c1-15(13)9(10(16)17)8(12)7-4-3-6(5-14-7)11(18)19-2/h3-5H,12-13H2,1-2H3,(H,16,17)/b9-8-. The van der Waals surface area contributed by atoms with Crippen LogP contribution in [0.4, 0.5) is 0 Å². The molecule has 19 heavy (non-hydrogen) atoms. The minimum absolute atomic E-state index is 0.103. The van der Waals surface area contributed by atoms with E-state index in [4.69, 9.17) is 16.7 Å². The Morgan fingerprint density at radius 2 is 2.05 bits per heavy atom. The van der Waals surface area contributed by atoms with E-state index in [1.54, 1.807) is 0 Å². The lowest BCUT2D eigenvalue weighted by atomic mass is 10.2. The molecule has 0 saturated carbocycles. The zero-order valence-electron chi connectivity index (χ0n) is 10.5. The third-order valence-corrected chi connectivity index (χ3v) is 2.27. The van der Waals surface area contributed by atoms with Gasteiger partial charge in [0.1, 0.15) is 0 Å². The number of hydrogen-bond donors (Lipinski definition) is 3. The number of carboxylic acid groups (broad SMARTS) is 1. The van der Waals surface area contributed by atoms with E-state index in [-0.39, 0.29) is 22.7 Å². The van der Waals surface area contributed by atoms with E-state index in [0.717, 1.165) is 5.01 Å². The van der Waals surface area contributed by atoms with Gasteiger partial charge in [-0.3, -0.25) is 4.98 Å². The smallest absolute Gasteiger partial charge is 0.355 e. The second kappa shape index (κ2) is 5.83. The van der Waals surface area contributed by atoms with Crippen LogP contribution in [0.3, 0.4) is 0 Å². The van der Waals surface area contributed by atoms with Gasteiger partial charge in [-0.15, -0.1) is 0 Å². The van der Waals surface area contributed by atoms with E-state index < -0.39 is 11.9 Å². The van der Waals surface area contributed by atoms with Crippen LogP contribution in [-0.4, -0.2) is 41.2 Å². The van der Waals surface area contributed by atoms with Crippen LogP contribution >= 0.6 is 0 Å². The number of likely N-dealkylation sites (N-methyl/N-ethyl adjacent to an activating group) is 1. The minimum Gasteiger partial charge on any atom is -0.476 e. The lowest BCUT2D eigenvalue weighted by molar-refractivity contribution is -0.134. The van der Waals surface area contributed by atoms with Crippen LogP contribution in [0.5, 0.6) is 0 Å². The number of rotatable bonds is 4. The lowest BCUT2D eigenvalue weighted by Gasteiger charge is -2.15. The highest BCUT2D eigenvalue weighted by molar-refractivity contribution is 5.94. The summed E-state index contributed by atoms with van der Waals surface area (Å²) in [6.45, 7) is 0. The molecule has 0 aliphatic rings. The average Bonchev–Trinajstić information content (AvgIpc) is 2.37. The Morgan fingerprint density at radius 3 is 2.42 bits per heavy atom. The Bertz CT molecular complexity index is 522. The second-order valence-electron chi connectivity index (χ2n) is 3.60. The molecule has 1 aromatic heterocycles.